The zero-order valence-corrected chi connectivity index (χ0v) is 15.2. The number of nitrogens with one attached hydrogen (secondary N) is 2. The molecule has 142 valence electrons. The van der Waals surface area contributed by atoms with E-state index in [1.54, 1.807) is 24.1 Å². The summed E-state index contributed by atoms with van der Waals surface area (Å²) in [5.74, 6) is -0.668. The summed E-state index contributed by atoms with van der Waals surface area (Å²) in [5, 5.41) is 6.01. The van der Waals surface area contributed by atoms with Gasteiger partial charge in [-0.05, 0) is 42.3 Å². The molecule has 0 bridgehead atoms. The molecule has 1 aromatic heterocycles. The van der Waals surface area contributed by atoms with Crippen molar-refractivity contribution < 1.29 is 14.0 Å². The molecular weight excluding hydrogens is 347 g/mol. The molecule has 0 aliphatic carbocycles. The molecule has 27 heavy (non-hydrogen) atoms. The van der Waals surface area contributed by atoms with Crippen LogP contribution < -0.4 is 10.6 Å². The fourth-order valence-corrected chi connectivity index (χ4v) is 3.16. The van der Waals surface area contributed by atoms with E-state index in [2.05, 4.69) is 15.6 Å². The van der Waals surface area contributed by atoms with Crippen LogP contribution in [0, 0.1) is 12.7 Å². The van der Waals surface area contributed by atoms with Crippen molar-refractivity contribution in [2.45, 2.75) is 25.9 Å². The van der Waals surface area contributed by atoms with Gasteiger partial charge in [-0.2, -0.15) is 0 Å². The van der Waals surface area contributed by atoms with Crippen molar-refractivity contribution in [3.63, 3.8) is 0 Å². The Labute approximate surface area is 157 Å². The highest BCUT2D eigenvalue weighted by Crippen LogP contribution is 2.14. The quantitative estimate of drug-likeness (QED) is 0.829. The number of halogens is 1. The zero-order valence-electron chi connectivity index (χ0n) is 15.2. The number of nitrogens with zero attached hydrogens (tertiary/aromatic N) is 2. The van der Waals surface area contributed by atoms with Gasteiger partial charge < -0.3 is 15.5 Å². The average Bonchev–Trinajstić information content (AvgIpc) is 2.69. The zero-order chi connectivity index (χ0) is 19.2. The highest BCUT2D eigenvalue weighted by Gasteiger charge is 2.32. The van der Waals surface area contributed by atoms with Gasteiger partial charge in [0, 0.05) is 25.8 Å². The number of hydrogen-bond acceptors (Lipinski definition) is 4. The molecule has 0 saturated carbocycles. The van der Waals surface area contributed by atoms with Gasteiger partial charge in [-0.25, -0.2) is 4.39 Å². The Hall–Kier alpha value is -2.80. The molecule has 2 heterocycles. The Morgan fingerprint density at radius 3 is 2.93 bits per heavy atom. The molecule has 6 nitrogen and oxygen atoms in total. The van der Waals surface area contributed by atoms with Gasteiger partial charge >= 0.3 is 0 Å². The van der Waals surface area contributed by atoms with E-state index < -0.39 is 6.04 Å². The van der Waals surface area contributed by atoms with E-state index in [0.29, 0.717) is 26.2 Å². The third-order valence-electron chi connectivity index (χ3n) is 4.68. The van der Waals surface area contributed by atoms with Crippen molar-refractivity contribution in [1.82, 2.24) is 20.5 Å². The largest absolute Gasteiger partial charge is 0.349 e. The third-order valence-corrected chi connectivity index (χ3v) is 4.68. The van der Waals surface area contributed by atoms with Crippen LogP contribution in [0.1, 0.15) is 16.8 Å². The lowest BCUT2D eigenvalue weighted by Crippen LogP contribution is -2.59. The van der Waals surface area contributed by atoms with E-state index in [9.17, 15) is 14.0 Å². The number of pyridine rings is 1. The first-order valence-electron chi connectivity index (χ1n) is 8.97. The van der Waals surface area contributed by atoms with E-state index in [1.807, 2.05) is 18.2 Å². The summed E-state index contributed by atoms with van der Waals surface area (Å²) < 4.78 is 13.3. The summed E-state index contributed by atoms with van der Waals surface area (Å²) in [4.78, 5) is 31.2. The van der Waals surface area contributed by atoms with Crippen molar-refractivity contribution in [3.8, 4) is 0 Å². The van der Waals surface area contributed by atoms with Crippen LogP contribution in [0.3, 0.4) is 0 Å². The fraction of sp³-hybridized carbons (Fsp3) is 0.350. The molecule has 7 heteroatoms. The van der Waals surface area contributed by atoms with Crippen molar-refractivity contribution in [2.75, 3.05) is 19.6 Å². The highest BCUT2D eigenvalue weighted by molar-refractivity contribution is 5.89. The normalized spacial score (nSPS) is 16.8. The smallest absolute Gasteiger partial charge is 0.244 e. The summed E-state index contributed by atoms with van der Waals surface area (Å²) in [6.45, 7) is 3.59. The Morgan fingerprint density at radius 1 is 1.33 bits per heavy atom. The predicted molar refractivity (Wildman–Crippen MR) is 99.3 cm³/mol. The second kappa shape index (κ2) is 8.73. The molecule has 1 atom stereocenters. The number of amides is 2. The summed E-state index contributed by atoms with van der Waals surface area (Å²) in [6.07, 6.45) is 1.82. The van der Waals surface area contributed by atoms with Crippen LogP contribution in [-0.4, -0.2) is 47.4 Å². The van der Waals surface area contributed by atoms with Crippen LogP contribution in [-0.2, 0) is 22.6 Å². The molecular formula is C20H23FN4O2. The van der Waals surface area contributed by atoms with Crippen LogP contribution in [0.4, 0.5) is 4.39 Å². The van der Waals surface area contributed by atoms with Crippen molar-refractivity contribution in [1.29, 1.82) is 0 Å². The molecule has 3 rings (SSSR count). The molecule has 1 fully saturated rings. The van der Waals surface area contributed by atoms with Crippen LogP contribution in [0.15, 0.2) is 42.6 Å². The lowest BCUT2D eigenvalue weighted by molar-refractivity contribution is -0.141. The Balaban J connectivity index is 1.65. The van der Waals surface area contributed by atoms with Crippen molar-refractivity contribution in [3.05, 3.63) is 65.2 Å². The Kier molecular flexibility index (Phi) is 6.13. The number of benzene rings is 1. The van der Waals surface area contributed by atoms with Gasteiger partial charge in [-0.3, -0.25) is 14.6 Å². The number of aromatic nitrogens is 1. The molecule has 2 amide bonds. The number of carbonyl (C=O) groups excluding carboxylic acids is 2. The minimum absolute atomic E-state index is 0.135. The molecule has 1 aromatic carbocycles. The minimum atomic E-state index is -0.573. The molecule has 2 N–H and O–H groups in total. The predicted octanol–water partition coefficient (Wildman–Crippen LogP) is 1.19. The number of piperazine rings is 1. The first-order chi connectivity index (χ1) is 13.0. The Bertz CT molecular complexity index is 813. The summed E-state index contributed by atoms with van der Waals surface area (Å²) in [5.41, 5.74) is 2.26. The minimum Gasteiger partial charge on any atom is -0.349 e. The topological polar surface area (TPSA) is 74.3 Å². The van der Waals surface area contributed by atoms with E-state index in [4.69, 9.17) is 0 Å². The number of aryl methyl sites for hydroxylation is 1. The second-order valence-corrected chi connectivity index (χ2v) is 6.59. The maximum atomic E-state index is 13.3. The third kappa shape index (κ3) is 4.89. The fourth-order valence-electron chi connectivity index (χ4n) is 3.16. The standard InChI is InChI=1S/C20H23FN4O2/c1-14-10-16(21)6-5-15(14)11-19(26)25-9-8-22-13-18(25)20(27)24-12-17-4-2-3-7-23-17/h2-7,10,18,22H,8-9,11-13H2,1H3,(H,24,27)/t18-/m1/s1. The van der Waals surface area contributed by atoms with Crippen LogP contribution in [0.25, 0.3) is 0 Å². The maximum absolute atomic E-state index is 13.3. The van der Waals surface area contributed by atoms with Gasteiger partial charge in [-0.15, -0.1) is 0 Å². The van der Waals surface area contributed by atoms with Crippen molar-refractivity contribution >= 4 is 11.8 Å². The maximum Gasteiger partial charge on any atom is 0.244 e. The summed E-state index contributed by atoms with van der Waals surface area (Å²) in [7, 11) is 0. The van der Waals surface area contributed by atoms with Gasteiger partial charge in [-0.1, -0.05) is 12.1 Å². The van der Waals surface area contributed by atoms with Crippen LogP contribution in [0.5, 0.6) is 0 Å². The SMILES string of the molecule is Cc1cc(F)ccc1CC(=O)N1CCNC[C@@H]1C(=O)NCc1ccccn1. The first kappa shape index (κ1) is 19.0. The van der Waals surface area contributed by atoms with E-state index in [-0.39, 0.29) is 24.1 Å². The van der Waals surface area contributed by atoms with Gasteiger partial charge in [0.25, 0.3) is 0 Å². The second-order valence-electron chi connectivity index (χ2n) is 6.59. The molecule has 0 radical (unpaired) electrons. The Morgan fingerprint density at radius 2 is 2.19 bits per heavy atom. The van der Waals surface area contributed by atoms with Crippen LogP contribution >= 0.6 is 0 Å². The summed E-state index contributed by atoms with van der Waals surface area (Å²) in [6, 6.07) is 9.32. The first-order valence-corrected chi connectivity index (χ1v) is 8.97. The molecule has 0 spiro atoms. The number of hydrogen-bond donors (Lipinski definition) is 2. The van der Waals surface area contributed by atoms with Crippen molar-refractivity contribution in [2.24, 2.45) is 0 Å². The molecule has 1 aliphatic rings. The van der Waals surface area contributed by atoms with Gasteiger partial charge in [0.2, 0.25) is 11.8 Å². The monoisotopic (exact) mass is 370 g/mol. The van der Waals surface area contributed by atoms with Gasteiger partial charge in [0.1, 0.15) is 11.9 Å². The number of rotatable bonds is 5. The molecule has 1 aliphatic heterocycles. The highest BCUT2D eigenvalue weighted by atomic mass is 19.1. The van der Waals surface area contributed by atoms with Gasteiger partial charge in [0.05, 0.1) is 18.7 Å². The number of carbonyl (C=O) groups is 2. The lowest BCUT2D eigenvalue weighted by atomic mass is 10.0. The van der Waals surface area contributed by atoms with E-state index >= 15 is 0 Å². The van der Waals surface area contributed by atoms with E-state index in [1.165, 1.54) is 12.1 Å². The van der Waals surface area contributed by atoms with Gasteiger partial charge in [0.15, 0.2) is 0 Å². The summed E-state index contributed by atoms with van der Waals surface area (Å²) >= 11 is 0. The molecule has 1 saturated heterocycles. The molecule has 0 unspecified atom stereocenters. The van der Waals surface area contributed by atoms with Crippen LogP contribution in [0.2, 0.25) is 0 Å². The molecule has 2 aromatic rings. The van der Waals surface area contributed by atoms with E-state index in [0.717, 1.165) is 16.8 Å². The lowest BCUT2D eigenvalue weighted by Gasteiger charge is -2.35. The average molecular weight is 370 g/mol.